The van der Waals surface area contributed by atoms with Gasteiger partial charge in [-0.2, -0.15) is 0 Å². The molecule has 14 nitrogen and oxygen atoms in total. The quantitative estimate of drug-likeness (QED) is 0.0915. The first-order valence-electron chi connectivity index (χ1n) is 23.3. The first-order valence-corrected chi connectivity index (χ1v) is 23.8. The molecule has 372 valence electrons. The molecule has 0 spiro atoms. The third-order valence-electron chi connectivity index (χ3n) is 13.0. The number of nitrogens with zero attached hydrogens (tertiary/aromatic N) is 3. The van der Waals surface area contributed by atoms with Crippen LogP contribution in [-0.2, 0) is 35.3 Å². The molecule has 0 radical (unpaired) electrons. The van der Waals surface area contributed by atoms with E-state index in [0.29, 0.717) is 66.6 Å². The van der Waals surface area contributed by atoms with Crippen LogP contribution in [-0.4, -0.2) is 136 Å². The van der Waals surface area contributed by atoms with Gasteiger partial charge in [-0.3, -0.25) is 9.59 Å². The van der Waals surface area contributed by atoms with Gasteiger partial charge in [0.1, 0.15) is 0 Å². The van der Waals surface area contributed by atoms with E-state index in [1.165, 1.54) is 22.3 Å². The van der Waals surface area contributed by atoms with E-state index in [0.717, 1.165) is 90.6 Å². The maximum atomic E-state index is 12.9. The van der Waals surface area contributed by atoms with E-state index in [2.05, 4.69) is 41.5 Å². The molecule has 15 heteroatoms. The number of halogens is 1. The number of rotatable bonds is 19. The smallest absolute Gasteiger partial charge is 0.230 e. The Balaban J connectivity index is 0.000000188. The van der Waals surface area contributed by atoms with Gasteiger partial charge in [-0.1, -0.05) is 0 Å². The zero-order valence-electron chi connectivity index (χ0n) is 41.9. The number of hydrogen-bond donors (Lipinski definition) is 1. The third kappa shape index (κ3) is 12.6. The van der Waals surface area contributed by atoms with Crippen molar-refractivity contribution in [1.29, 1.82) is 0 Å². The fraction of sp³-hybridized carbons (Fsp3) is 0.444. The monoisotopic (exact) mass is 968 g/mol. The summed E-state index contributed by atoms with van der Waals surface area (Å²) in [5, 5.41) is 3.20. The molecular weight excluding hydrogens is 900 g/mol. The number of alkyl halides is 1. The summed E-state index contributed by atoms with van der Waals surface area (Å²) in [6, 6.07) is 16.0. The lowest BCUT2D eigenvalue weighted by Crippen LogP contribution is -2.34. The second-order valence-corrected chi connectivity index (χ2v) is 17.7. The molecule has 2 amide bonds. The number of carbonyl (C=O) groups excluding carboxylic acids is 2. The van der Waals surface area contributed by atoms with Crippen molar-refractivity contribution in [2.24, 2.45) is 0 Å². The van der Waals surface area contributed by atoms with Crippen molar-refractivity contribution in [1.82, 2.24) is 20.0 Å². The molecule has 4 aromatic carbocycles. The fourth-order valence-corrected chi connectivity index (χ4v) is 9.32. The Morgan fingerprint density at radius 2 is 0.928 bits per heavy atom. The van der Waals surface area contributed by atoms with E-state index in [9.17, 15) is 9.59 Å². The molecule has 4 aliphatic rings. The highest BCUT2D eigenvalue weighted by atomic mass is 35.5. The molecule has 2 atom stereocenters. The molecule has 0 saturated heterocycles. The number of carbonyl (C=O) groups is 2. The summed E-state index contributed by atoms with van der Waals surface area (Å²) >= 11 is 5.68. The van der Waals surface area contributed by atoms with E-state index >= 15 is 0 Å². The lowest BCUT2D eigenvalue weighted by atomic mass is 9.77. The van der Waals surface area contributed by atoms with Crippen molar-refractivity contribution in [3.63, 3.8) is 0 Å². The van der Waals surface area contributed by atoms with E-state index in [4.69, 9.17) is 49.5 Å². The predicted molar refractivity (Wildman–Crippen MR) is 271 cm³/mol. The number of fused-ring (bicyclic) bond motifs is 4. The molecule has 0 bridgehead atoms. The summed E-state index contributed by atoms with van der Waals surface area (Å²) < 4.78 is 42.8. The molecular formula is C54H69ClN4O10. The zero-order chi connectivity index (χ0) is 49.6. The lowest BCUT2D eigenvalue weighted by molar-refractivity contribution is -0.128. The van der Waals surface area contributed by atoms with Gasteiger partial charge in [0.2, 0.25) is 11.8 Å². The first kappa shape index (κ1) is 52.3. The van der Waals surface area contributed by atoms with Gasteiger partial charge in [0.25, 0.3) is 0 Å². The van der Waals surface area contributed by atoms with Crippen molar-refractivity contribution in [3.05, 3.63) is 105 Å². The molecule has 8 rings (SSSR count). The van der Waals surface area contributed by atoms with Crippen LogP contribution in [0.2, 0.25) is 0 Å². The number of benzene rings is 4. The first-order chi connectivity index (χ1) is 33.4. The topological polar surface area (TPSA) is 130 Å². The Bertz CT molecular complexity index is 2480. The summed E-state index contributed by atoms with van der Waals surface area (Å²) in [6.07, 6.45) is 12.2. The van der Waals surface area contributed by atoms with Crippen molar-refractivity contribution >= 4 is 35.6 Å². The summed E-state index contributed by atoms with van der Waals surface area (Å²) in [6.45, 7) is 4.26. The number of ether oxygens (including phenoxy) is 8. The molecule has 69 heavy (non-hydrogen) atoms. The van der Waals surface area contributed by atoms with Crippen molar-refractivity contribution < 1.29 is 47.5 Å². The Morgan fingerprint density at radius 3 is 1.35 bits per heavy atom. The van der Waals surface area contributed by atoms with Crippen molar-refractivity contribution in [2.75, 3.05) is 110 Å². The maximum absolute atomic E-state index is 12.9. The second-order valence-electron chi connectivity index (χ2n) is 17.3. The average molecular weight is 970 g/mol. The van der Waals surface area contributed by atoms with Gasteiger partial charge < -0.3 is 57.9 Å². The van der Waals surface area contributed by atoms with E-state index in [1.807, 2.05) is 60.8 Å². The molecule has 0 aromatic heterocycles. The van der Waals surface area contributed by atoms with Crippen LogP contribution in [0, 0.1) is 0 Å². The van der Waals surface area contributed by atoms with Gasteiger partial charge in [-0.05, 0) is 152 Å². The van der Waals surface area contributed by atoms with Gasteiger partial charge in [0.15, 0.2) is 46.0 Å². The fourth-order valence-electron chi connectivity index (χ4n) is 9.20. The van der Waals surface area contributed by atoms with Crippen LogP contribution in [0.5, 0.6) is 46.0 Å². The average Bonchev–Trinajstić information content (AvgIpc) is 3.61. The zero-order valence-corrected chi connectivity index (χ0v) is 42.6. The summed E-state index contributed by atoms with van der Waals surface area (Å²) in [5.74, 6) is 7.70. The Hall–Kier alpha value is -6.09. The van der Waals surface area contributed by atoms with Crippen LogP contribution in [0.1, 0.15) is 69.2 Å². The van der Waals surface area contributed by atoms with Crippen LogP contribution < -0.4 is 43.2 Å². The van der Waals surface area contributed by atoms with Gasteiger partial charge in [-0.15, -0.1) is 11.6 Å². The minimum absolute atomic E-state index is 0.0670. The highest BCUT2D eigenvalue weighted by Crippen LogP contribution is 2.44. The van der Waals surface area contributed by atoms with Crippen molar-refractivity contribution in [3.8, 4) is 46.0 Å². The summed E-state index contributed by atoms with van der Waals surface area (Å²) in [4.78, 5) is 30.9. The van der Waals surface area contributed by atoms with Gasteiger partial charge in [-0.25, -0.2) is 0 Å². The van der Waals surface area contributed by atoms with Crippen LogP contribution in [0.3, 0.4) is 0 Å². The number of methoxy groups -OCH3 is 8. The largest absolute Gasteiger partial charge is 0.493 e. The van der Waals surface area contributed by atoms with E-state index in [-0.39, 0.29) is 11.8 Å². The van der Waals surface area contributed by atoms with Gasteiger partial charge in [0, 0.05) is 56.3 Å². The van der Waals surface area contributed by atoms with Crippen LogP contribution in [0.4, 0.5) is 0 Å². The molecule has 2 aliphatic heterocycles. The molecule has 2 aliphatic carbocycles. The summed E-state index contributed by atoms with van der Waals surface area (Å²) in [5.41, 5.74) is 9.31. The minimum Gasteiger partial charge on any atom is -0.493 e. The highest BCUT2D eigenvalue weighted by Gasteiger charge is 2.30. The number of nitrogens with one attached hydrogen (secondary N) is 1. The maximum Gasteiger partial charge on any atom is 0.230 e. The third-order valence-corrected chi connectivity index (χ3v) is 13.3. The van der Waals surface area contributed by atoms with Crippen LogP contribution >= 0.6 is 11.6 Å². The Labute approximate surface area is 413 Å². The molecule has 0 unspecified atom stereocenters. The number of likely N-dealkylation sites (N-methyl/N-ethyl adjacent to an activating group) is 2. The predicted octanol–water partition coefficient (Wildman–Crippen LogP) is 7.99. The molecule has 1 N–H and O–H groups in total. The normalized spacial score (nSPS) is 16.1. The standard InChI is InChI=1S/C27H34N2O5.C15H18ClNO3.C12H17NO2/c1-28(17-21-11-20-14-25(33-4)26(34-5)16-22(20)21)8-6-9-29-10-7-18-12-23(31-2)24(32-3)13-19(18)15-27(29)30;1-19-13-8-11-4-7-17(6-3-5-16)15(18)10-12(11)9-14(13)20-2;1-13-7-9-4-8-5-11(14-2)12(15-3)6-10(8)9/h7,10,12-14,16,21H,6,8-9,11,15,17H2,1-5H3;4,7-9H,3,5-6,10H2,1-2H3;5-6,9,13H,4,7H2,1-3H3/t21-;;9-/m1.1/s1. The van der Waals surface area contributed by atoms with Crippen LogP contribution in [0.15, 0.2) is 60.9 Å². The number of amides is 2. The van der Waals surface area contributed by atoms with Gasteiger partial charge >= 0.3 is 0 Å². The minimum atomic E-state index is 0.0670. The second kappa shape index (κ2) is 25.0. The molecule has 0 fully saturated rings. The molecule has 4 aromatic rings. The Kier molecular flexibility index (Phi) is 18.9. The lowest BCUT2D eigenvalue weighted by Gasteiger charge is -2.34. The van der Waals surface area contributed by atoms with E-state index < -0.39 is 0 Å². The molecule has 2 heterocycles. The van der Waals surface area contributed by atoms with Crippen LogP contribution in [0.25, 0.3) is 12.2 Å². The van der Waals surface area contributed by atoms with Crippen molar-refractivity contribution in [2.45, 2.75) is 50.4 Å². The van der Waals surface area contributed by atoms with Gasteiger partial charge in [0.05, 0.1) is 69.7 Å². The van der Waals surface area contributed by atoms with E-state index in [1.54, 1.807) is 61.8 Å². The highest BCUT2D eigenvalue weighted by molar-refractivity contribution is 6.17. The number of hydrogen-bond acceptors (Lipinski definition) is 12. The molecule has 0 saturated carbocycles. The Morgan fingerprint density at radius 1 is 0.551 bits per heavy atom. The summed E-state index contributed by atoms with van der Waals surface area (Å²) in [7, 11) is 17.2. The SMILES string of the molecule is CNC[C@H]1Cc2cc(OC)c(OC)cc21.COc1cc2c(cc1OC)CC(=O)N(CCCCl)C=C2.COc1cc2c(cc1OC)CC(=O)N(CCCN(C)C[C@H]1Cc3cc(OC)c(OC)cc31)C=C2.